The lowest BCUT2D eigenvalue weighted by molar-refractivity contribution is -0.128. The van der Waals surface area contributed by atoms with Gasteiger partial charge in [-0.2, -0.15) is 0 Å². The van der Waals surface area contributed by atoms with E-state index in [2.05, 4.69) is 19.1 Å². The number of amides is 1. The van der Waals surface area contributed by atoms with Crippen LogP contribution in [-0.2, 0) is 11.2 Å². The Morgan fingerprint density at radius 2 is 1.94 bits per heavy atom. The Kier molecular flexibility index (Phi) is 3.09. The zero-order chi connectivity index (χ0) is 11.5. The number of carbonyl (C=O) groups excluding carboxylic acids is 1. The summed E-state index contributed by atoms with van der Waals surface area (Å²) in [6.07, 6.45) is 4.61. The first-order valence-electron chi connectivity index (χ1n) is 5.67. The van der Waals surface area contributed by atoms with Crippen molar-refractivity contribution in [3.8, 4) is 0 Å². The number of hydrogen-bond donors (Lipinski definition) is 0. The molecule has 0 spiro atoms. The Hall–Kier alpha value is -1.57. The number of likely N-dealkylation sites (N-methyl/N-ethyl adjacent to an activating group) is 1. The third-order valence-corrected chi connectivity index (χ3v) is 3.28. The molecule has 1 heterocycles. The van der Waals surface area contributed by atoms with Gasteiger partial charge in [0.15, 0.2) is 0 Å². The van der Waals surface area contributed by atoms with Crippen LogP contribution in [0.5, 0.6) is 0 Å². The number of rotatable bonds is 2. The van der Waals surface area contributed by atoms with Crippen LogP contribution in [0.15, 0.2) is 42.5 Å². The maximum absolute atomic E-state index is 11.6. The molecule has 2 rings (SSSR count). The summed E-state index contributed by atoms with van der Waals surface area (Å²) in [6, 6.07) is 10.6. The first-order chi connectivity index (χ1) is 7.68. The molecule has 1 aliphatic rings. The molecule has 16 heavy (non-hydrogen) atoms. The fourth-order valence-corrected chi connectivity index (χ4v) is 2.17. The summed E-state index contributed by atoms with van der Waals surface area (Å²) in [5, 5.41) is 0. The second-order valence-electron chi connectivity index (χ2n) is 4.42. The lowest BCUT2D eigenvalue weighted by Crippen LogP contribution is -2.44. The van der Waals surface area contributed by atoms with Crippen LogP contribution in [0, 0.1) is 5.92 Å². The Morgan fingerprint density at radius 1 is 1.25 bits per heavy atom. The molecule has 0 fully saturated rings. The molecule has 0 radical (unpaired) electrons. The third-order valence-electron chi connectivity index (χ3n) is 3.28. The molecule has 0 unspecified atom stereocenters. The van der Waals surface area contributed by atoms with Gasteiger partial charge in [0.1, 0.15) is 0 Å². The zero-order valence-electron chi connectivity index (χ0n) is 9.76. The van der Waals surface area contributed by atoms with Gasteiger partial charge in [0.05, 0.1) is 0 Å². The predicted octanol–water partition coefficient (Wildman–Crippen LogP) is 2.26. The largest absolute Gasteiger partial charge is 0.338 e. The van der Waals surface area contributed by atoms with Crippen molar-refractivity contribution in [2.75, 3.05) is 7.05 Å². The second-order valence-corrected chi connectivity index (χ2v) is 4.42. The molecule has 0 N–H and O–H groups in total. The van der Waals surface area contributed by atoms with Crippen molar-refractivity contribution < 1.29 is 4.79 Å². The van der Waals surface area contributed by atoms with Crippen molar-refractivity contribution in [3.05, 3.63) is 48.0 Å². The van der Waals surface area contributed by atoms with Crippen molar-refractivity contribution in [1.82, 2.24) is 4.90 Å². The summed E-state index contributed by atoms with van der Waals surface area (Å²) in [5.41, 5.74) is 1.29. The molecule has 1 amide bonds. The predicted molar refractivity (Wildman–Crippen MR) is 65.0 cm³/mol. The fraction of sp³-hybridized carbons (Fsp3) is 0.357. The van der Waals surface area contributed by atoms with Gasteiger partial charge in [-0.25, -0.2) is 0 Å². The molecule has 84 valence electrons. The van der Waals surface area contributed by atoms with Gasteiger partial charge in [-0.05, 0) is 24.0 Å². The van der Waals surface area contributed by atoms with Crippen LogP contribution in [0.2, 0.25) is 0 Å². The zero-order valence-corrected chi connectivity index (χ0v) is 9.76. The monoisotopic (exact) mass is 215 g/mol. The van der Waals surface area contributed by atoms with Gasteiger partial charge in [0.25, 0.3) is 0 Å². The summed E-state index contributed by atoms with van der Waals surface area (Å²) in [7, 11) is 1.88. The highest BCUT2D eigenvalue weighted by molar-refractivity contribution is 5.88. The first-order valence-corrected chi connectivity index (χ1v) is 5.67. The van der Waals surface area contributed by atoms with E-state index < -0.39 is 0 Å². The highest BCUT2D eigenvalue weighted by atomic mass is 16.2. The van der Waals surface area contributed by atoms with E-state index >= 15 is 0 Å². The first kappa shape index (κ1) is 10.9. The summed E-state index contributed by atoms with van der Waals surface area (Å²) in [4.78, 5) is 13.4. The van der Waals surface area contributed by atoms with E-state index in [4.69, 9.17) is 0 Å². The molecule has 0 saturated carbocycles. The standard InChI is InChI=1S/C14H17NO/c1-11-8-9-14(16)15(2)13(11)10-12-6-4-3-5-7-12/h3-9,11,13H,10H2,1-2H3/t11-,13+/m1/s1. The van der Waals surface area contributed by atoms with Crippen LogP contribution < -0.4 is 0 Å². The van der Waals surface area contributed by atoms with Crippen LogP contribution in [0.25, 0.3) is 0 Å². The van der Waals surface area contributed by atoms with Crippen molar-refractivity contribution >= 4 is 5.91 Å². The van der Waals surface area contributed by atoms with E-state index in [0.717, 1.165) is 6.42 Å². The lowest BCUT2D eigenvalue weighted by atomic mass is 9.91. The van der Waals surface area contributed by atoms with E-state index in [0.29, 0.717) is 5.92 Å². The van der Waals surface area contributed by atoms with Crippen molar-refractivity contribution in [2.45, 2.75) is 19.4 Å². The van der Waals surface area contributed by atoms with Crippen LogP contribution in [0.1, 0.15) is 12.5 Å². The molecule has 0 aliphatic carbocycles. The van der Waals surface area contributed by atoms with Gasteiger partial charge in [0, 0.05) is 13.1 Å². The molecule has 0 saturated heterocycles. The molecule has 2 heteroatoms. The molecule has 1 aromatic rings. The average molecular weight is 215 g/mol. The maximum Gasteiger partial charge on any atom is 0.246 e. The smallest absolute Gasteiger partial charge is 0.246 e. The minimum absolute atomic E-state index is 0.110. The average Bonchev–Trinajstić information content (AvgIpc) is 2.31. The normalized spacial score (nSPS) is 24.9. The number of hydrogen-bond acceptors (Lipinski definition) is 1. The van der Waals surface area contributed by atoms with Gasteiger partial charge in [-0.15, -0.1) is 0 Å². The minimum atomic E-state index is 0.110. The molecular weight excluding hydrogens is 198 g/mol. The molecular formula is C14H17NO. The minimum Gasteiger partial charge on any atom is -0.338 e. The molecule has 0 aromatic heterocycles. The van der Waals surface area contributed by atoms with E-state index in [-0.39, 0.29) is 11.9 Å². The van der Waals surface area contributed by atoms with Crippen molar-refractivity contribution in [2.24, 2.45) is 5.92 Å². The van der Waals surface area contributed by atoms with E-state index in [9.17, 15) is 4.79 Å². The molecule has 0 bridgehead atoms. The highest BCUT2D eigenvalue weighted by Crippen LogP contribution is 2.20. The van der Waals surface area contributed by atoms with Gasteiger partial charge >= 0.3 is 0 Å². The Labute approximate surface area is 96.6 Å². The second kappa shape index (κ2) is 4.52. The summed E-state index contributed by atoms with van der Waals surface area (Å²) < 4.78 is 0. The summed E-state index contributed by atoms with van der Waals surface area (Å²) in [5.74, 6) is 0.530. The number of benzene rings is 1. The quantitative estimate of drug-likeness (QED) is 0.741. The topological polar surface area (TPSA) is 20.3 Å². The Balaban J connectivity index is 2.15. The van der Waals surface area contributed by atoms with Gasteiger partial charge < -0.3 is 4.90 Å². The fourth-order valence-electron chi connectivity index (χ4n) is 2.17. The third kappa shape index (κ3) is 2.16. The van der Waals surface area contributed by atoms with Gasteiger partial charge in [-0.1, -0.05) is 43.3 Å². The molecule has 1 aliphatic heterocycles. The van der Waals surface area contributed by atoms with Crippen LogP contribution in [-0.4, -0.2) is 23.9 Å². The molecule has 2 nitrogen and oxygen atoms in total. The summed E-state index contributed by atoms with van der Waals surface area (Å²) >= 11 is 0. The SMILES string of the molecule is C[C@@H]1C=CC(=O)N(C)[C@H]1Cc1ccccc1. The van der Waals surface area contributed by atoms with E-state index in [1.807, 2.05) is 36.2 Å². The van der Waals surface area contributed by atoms with Crippen LogP contribution in [0.3, 0.4) is 0 Å². The van der Waals surface area contributed by atoms with Gasteiger partial charge in [0.2, 0.25) is 5.91 Å². The van der Waals surface area contributed by atoms with Gasteiger partial charge in [-0.3, -0.25) is 4.79 Å². The lowest BCUT2D eigenvalue weighted by Gasteiger charge is -2.34. The van der Waals surface area contributed by atoms with Crippen molar-refractivity contribution in [1.29, 1.82) is 0 Å². The molecule has 2 atom stereocenters. The maximum atomic E-state index is 11.6. The Morgan fingerprint density at radius 3 is 2.62 bits per heavy atom. The Bertz CT molecular complexity index is 396. The van der Waals surface area contributed by atoms with Crippen LogP contribution in [0.4, 0.5) is 0 Å². The highest BCUT2D eigenvalue weighted by Gasteiger charge is 2.26. The number of carbonyl (C=O) groups is 1. The van der Waals surface area contributed by atoms with Crippen molar-refractivity contribution in [3.63, 3.8) is 0 Å². The van der Waals surface area contributed by atoms with E-state index in [1.54, 1.807) is 6.08 Å². The molecule has 1 aromatic carbocycles. The van der Waals surface area contributed by atoms with E-state index in [1.165, 1.54) is 5.56 Å². The van der Waals surface area contributed by atoms with Crippen LogP contribution >= 0.6 is 0 Å². The number of nitrogens with zero attached hydrogens (tertiary/aromatic N) is 1. The summed E-state index contributed by atoms with van der Waals surface area (Å²) in [6.45, 7) is 2.16.